The van der Waals surface area contributed by atoms with Gasteiger partial charge in [-0.25, -0.2) is 0 Å². The molecule has 9 nitrogen and oxygen atoms in total. The molecule has 6 bridgehead atoms. The quantitative estimate of drug-likeness (QED) is 0.378. The van der Waals surface area contributed by atoms with Crippen LogP contribution < -0.4 is 0 Å². The smallest absolute Gasteiger partial charge is 0.327 e. The molecule has 1 heterocycles. The van der Waals surface area contributed by atoms with Crippen molar-refractivity contribution in [3.63, 3.8) is 0 Å². The van der Waals surface area contributed by atoms with Crippen molar-refractivity contribution in [3.8, 4) is 6.07 Å². The molecule has 39 heavy (non-hydrogen) atoms. The van der Waals surface area contributed by atoms with Crippen LogP contribution in [0.15, 0.2) is 0 Å². The lowest BCUT2D eigenvalue weighted by Crippen LogP contribution is -2.67. The molecule has 216 valence electrons. The van der Waals surface area contributed by atoms with Crippen molar-refractivity contribution >= 4 is 17.9 Å². The Labute approximate surface area is 230 Å². The maximum atomic E-state index is 12.4. The van der Waals surface area contributed by atoms with E-state index in [0.717, 1.165) is 38.5 Å². The fraction of sp³-hybridized carbons (Fsp3) is 0.867. The maximum absolute atomic E-state index is 12.4. The molecule has 8 atom stereocenters. The average Bonchev–Trinajstić information content (AvgIpc) is 3.43. The molecule has 0 aromatic rings. The maximum Gasteiger partial charge on any atom is 0.327 e. The summed E-state index contributed by atoms with van der Waals surface area (Å²) in [5.74, 6) is -0.719. The number of carbonyl (C=O) groups is 3. The molecule has 7 aliphatic rings. The van der Waals surface area contributed by atoms with E-state index in [0.29, 0.717) is 25.7 Å². The predicted molar refractivity (Wildman–Crippen MR) is 137 cm³/mol. The van der Waals surface area contributed by atoms with E-state index in [2.05, 4.69) is 6.07 Å². The van der Waals surface area contributed by atoms with Gasteiger partial charge in [0.05, 0.1) is 28.6 Å². The van der Waals surface area contributed by atoms with Crippen LogP contribution in [0.4, 0.5) is 0 Å². The van der Waals surface area contributed by atoms with Gasteiger partial charge in [-0.15, -0.1) is 0 Å². The summed E-state index contributed by atoms with van der Waals surface area (Å²) in [4.78, 5) is 36.2. The van der Waals surface area contributed by atoms with Crippen LogP contribution in [0.1, 0.15) is 98.8 Å². The van der Waals surface area contributed by atoms with Gasteiger partial charge in [0.15, 0.2) is 5.41 Å². The molecule has 6 aliphatic carbocycles. The predicted octanol–water partition coefficient (Wildman–Crippen LogP) is 3.58. The lowest BCUT2D eigenvalue weighted by molar-refractivity contribution is -0.264. The Hall–Kier alpha value is -2.18. The molecule has 1 aliphatic heterocycles. The fourth-order valence-electron chi connectivity index (χ4n) is 8.55. The van der Waals surface area contributed by atoms with Crippen LogP contribution in [-0.4, -0.2) is 57.1 Å². The molecule has 0 aromatic carbocycles. The summed E-state index contributed by atoms with van der Waals surface area (Å²) < 4.78 is 16.7. The van der Waals surface area contributed by atoms with Crippen molar-refractivity contribution in [2.24, 2.45) is 34.5 Å². The third-order valence-electron chi connectivity index (χ3n) is 10.7. The minimum Gasteiger partial charge on any atom is -0.458 e. The standard InChI is InChI=1S/C16H26O4.C14H17NO4/c1-4-13(2,3)12(17)20-16-7-11-5-14(18,9-16)8-15(19,6-11)10-16;1-3-7(2)12(16)18-10-8-4-9-11(10)19-13(17)14(9,5-8)6-15/h11,18-19H,4-10H2,1-3H3;7-11H,3-5H2,1-2H3. The van der Waals surface area contributed by atoms with Crippen LogP contribution in [0.25, 0.3) is 0 Å². The van der Waals surface area contributed by atoms with E-state index in [-0.39, 0.29) is 41.7 Å². The summed E-state index contributed by atoms with van der Waals surface area (Å²) in [6.45, 7) is 9.51. The van der Waals surface area contributed by atoms with Crippen LogP contribution in [0.3, 0.4) is 0 Å². The number of aliphatic hydroxyl groups is 2. The van der Waals surface area contributed by atoms with E-state index in [1.165, 1.54) is 0 Å². The van der Waals surface area contributed by atoms with Crippen molar-refractivity contribution in [1.29, 1.82) is 5.26 Å². The Bertz CT molecular complexity index is 1080. The molecule has 7 fully saturated rings. The van der Waals surface area contributed by atoms with E-state index in [1.807, 2.05) is 34.6 Å². The van der Waals surface area contributed by atoms with Gasteiger partial charge in [-0.2, -0.15) is 5.26 Å². The zero-order chi connectivity index (χ0) is 28.6. The summed E-state index contributed by atoms with van der Waals surface area (Å²) in [7, 11) is 0. The number of hydrogen-bond acceptors (Lipinski definition) is 9. The molecule has 0 aromatic heterocycles. The first-order valence-electron chi connectivity index (χ1n) is 14.6. The number of ether oxygens (including phenoxy) is 3. The Morgan fingerprint density at radius 1 is 1.13 bits per heavy atom. The second kappa shape index (κ2) is 9.17. The van der Waals surface area contributed by atoms with Gasteiger partial charge in [-0.05, 0) is 64.7 Å². The molecule has 8 unspecified atom stereocenters. The van der Waals surface area contributed by atoms with Gasteiger partial charge in [0.25, 0.3) is 0 Å². The molecule has 1 saturated heterocycles. The highest BCUT2D eigenvalue weighted by Gasteiger charge is 2.72. The molecule has 0 amide bonds. The van der Waals surface area contributed by atoms with E-state index in [9.17, 15) is 29.9 Å². The average molecular weight is 546 g/mol. The molecular formula is C30H43NO8. The van der Waals surface area contributed by atoms with Gasteiger partial charge in [-0.1, -0.05) is 20.8 Å². The molecule has 9 heteroatoms. The minimum absolute atomic E-state index is 0.0918. The summed E-state index contributed by atoms with van der Waals surface area (Å²) in [5.41, 5.74) is -3.80. The molecule has 0 radical (unpaired) electrons. The summed E-state index contributed by atoms with van der Waals surface area (Å²) >= 11 is 0. The fourth-order valence-corrected chi connectivity index (χ4v) is 8.55. The van der Waals surface area contributed by atoms with Crippen molar-refractivity contribution in [2.45, 2.75) is 128 Å². The van der Waals surface area contributed by atoms with Gasteiger partial charge >= 0.3 is 17.9 Å². The van der Waals surface area contributed by atoms with E-state index < -0.39 is 39.7 Å². The first kappa shape index (κ1) is 28.4. The van der Waals surface area contributed by atoms with Crippen LogP contribution in [0.5, 0.6) is 0 Å². The first-order chi connectivity index (χ1) is 18.1. The molecular weight excluding hydrogens is 502 g/mol. The highest BCUT2D eigenvalue weighted by atomic mass is 16.6. The Balaban J connectivity index is 0.000000158. The number of carbonyl (C=O) groups excluding carboxylic acids is 3. The first-order valence-corrected chi connectivity index (χ1v) is 14.6. The number of rotatable bonds is 6. The number of esters is 3. The molecule has 2 N–H and O–H groups in total. The molecule has 6 saturated carbocycles. The topological polar surface area (TPSA) is 143 Å². The van der Waals surface area contributed by atoms with Crippen LogP contribution in [0.2, 0.25) is 0 Å². The monoisotopic (exact) mass is 545 g/mol. The van der Waals surface area contributed by atoms with Crippen molar-refractivity contribution in [3.05, 3.63) is 0 Å². The summed E-state index contributed by atoms with van der Waals surface area (Å²) in [6, 6.07) is 2.14. The lowest BCUT2D eigenvalue weighted by Gasteiger charge is -2.62. The van der Waals surface area contributed by atoms with Crippen molar-refractivity contribution in [2.75, 3.05) is 0 Å². The zero-order valence-corrected chi connectivity index (χ0v) is 23.8. The summed E-state index contributed by atoms with van der Waals surface area (Å²) in [5, 5.41) is 30.6. The highest BCUT2D eigenvalue weighted by molar-refractivity contribution is 5.84. The Morgan fingerprint density at radius 3 is 2.31 bits per heavy atom. The number of nitriles is 1. The van der Waals surface area contributed by atoms with Crippen LogP contribution in [-0.2, 0) is 28.6 Å². The normalized spacial score (nSPS) is 45.2. The zero-order valence-electron chi connectivity index (χ0n) is 23.8. The third-order valence-corrected chi connectivity index (χ3v) is 10.7. The van der Waals surface area contributed by atoms with E-state index in [1.54, 1.807) is 0 Å². The SMILES string of the molecule is CCC(C)(C)C(=O)OC12CC3CC(O)(CC(O)(C3)C1)C2.CCC(C)C(=O)OC1C2CC3C1OC(=O)C3(C#N)C2. The van der Waals surface area contributed by atoms with Gasteiger partial charge in [0.2, 0.25) is 0 Å². The Kier molecular flexibility index (Phi) is 6.67. The van der Waals surface area contributed by atoms with Gasteiger partial charge in [0.1, 0.15) is 17.8 Å². The van der Waals surface area contributed by atoms with Crippen LogP contribution in [0, 0.1) is 45.8 Å². The number of fused-ring (bicyclic) bond motifs is 1. The second-order valence-corrected chi connectivity index (χ2v) is 14.2. The van der Waals surface area contributed by atoms with Crippen molar-refractivity contribution in [1.82, 2.24) is 0 Å². The highest BCUT2D eigenvalue weighted by Crippen LogP contribution is 2.62. The largest absolute Gasteiger partial charge is 0.458 e. The Morgan fingerprint density at radius 2 is 1.77 bits per heavy atom. The third kappa shape index (κ3) is 4.56. The lowest BCUT2D eigenvalue weighted by atomic mass is 9.50. The minimum atomic E-state index is -0.964. The van der Waals surface area contributed by atoms with E-state index >= 15 is 0 Å². The number of nitrogens with zero attached hydrogens (tertiary/aromatic N) is 1. The molecule has 7 rings (SSSR count). The van der Waals surface area contributed by atoms with E-state index in [4.69, 9.17) is 14.2 Å². The van der Waals surface area contributed by atoms with Gasteiger partial charge < -0.3 is 24.4 Å². The van der Waals surface area contributed by atoms with Crippen molar-refractivity contribution < 1.29 is 38.8 Å². The second-order valence-electron chi connectivity index (χ2n) is 14.2. The summed E-state index contributed by atoms with van der Waals surface area (Å²) in [6.07, 6.45) is 5.62. The number of hydrogen-bond donors (Lipinski definition) is 2. The van der Waals surface area contributed by atoms with Crippen LogP contribution >= 0.6 is 0 Å². The van der Waals surface area contributed by atoms with Gasteiger partial charge in [0, 0.05) is 31.1 Å². The molecule has 0 spiro atoms. The van der Waals surface area contributed by atoms with Gasteiger partial charge in [-0.3, -0.25) is 14.4 Å².